The second-order valence-electron chi connectivity index (χ2n) is 4.16. The minimum atomic E-state index is 0.408. The SMILES string of the molecule is c1ccc(OC2[C@@H]3CNC[C@H]2C3)nc1. The van der Waals surface area contributed by atoms with E-state index in [0.29, 0.717) is 17.9 Å². The molecule has 74 valence electrons. The third-order valence-electron chi connectivity index (χ3n) is 3.24. The number of nitrogens with zero attached hydrogens (tertiary/aromatic N) is 1. The Balaban J connectivity index is 1.68. The molecule has 1 aliphatic heterocycles. The van der Waals surface area contributed by atoms with E-state index >= 15 is 0 Å². The quantitative estimate of drug-likeness (QED) is 0.757. The van der Waals surface area contributed by atoms with Crippen LogP contribution in [0.4, 0.5) is 0 Å². The van der Waals surface area contributed by atoms with Crippen LogP contribution in [0.5, 0.6) is 5.88 Å². The molecule has 3 atom stereocenters. The smallest absolute Gasteiger partial charge is 0.213 e. The lowest BCUT2D eigenvalue weighted by Gasteiger charge is -2.48. The van der Waals surface area contributed by atoms with E-state index in [1.165, 1.54) is 6.42 Å². The fourth-order valence-electron chi connectivity index (χ4n) is 2.45. The molecule has 1 saturated heterocycles. The van der Waals surface area contributed by atoms with Gasteiger partial charge >= 0.3 is 0 Å². The topological polar surface area (TPSA) is 34.1 Å². The standard InChI is InChI=1S/C11H14N2O/c1-2-4-13-10(3-1)14-11-8-5-9(11)7-12-6-8/h1-4,8-9,11-12H,5-7H2/t8-,9+,11?. The van der Waals surface area contributed by atoms with Crippen LogP contribution in [0, 0.1) is 11.8 Å². The molecule has 2 fully saturated rings. The highest BCUT2D eigenvalue weighted by Crippen LogP contribution is 2.38. The van der Waals surface area contributed by atoms with Gasteiger partial charge in [-0.15, -0.1) is 0 Å². The molecule has 3 heteroatoms. The molecule has 1 saturated carbocycles. The van der Waals surface area contributed by atoms with Crippen molar-refractivity contribution in [1.29, 1.82) is 0 Å². The zero-order chi connectivity index (χ0) is 9.38. The molecule has 3 nitrogen and oxygen atoms in total. The second-order valence-corrected chi connectivity index (χ2v) is 4.16. The van der Waals surface area contributed by atoms with Crippen molar-refractivity contribution in [3.05, 3.63) is 24.4 Å². The molecule has 2 aliphatic rings. The van der Waals surface area contributed by atoms with Crippen LogP contribution in [0.3, 0.4) is 0 Å². The van der Waals surface area contributed by atoms with Crippen molar-refractivity contribution in [2.24, 2.45) is 11.8 Å². The van der Waals surface area contributed by atoms with Crippen molar-refractivity contribution in [3.63, 3.8) is 0 Å². The first-order valence-corrected chi connectivity index (χ1v) is 5.22. The van der Waals surface area contributed by atoms with Crippen LogP contribution in [0.15, 0.2) is 24.4 Å². The molecule has 2 heterocycles. The number of ether oxygens (including phenoxy) is 1. The number of hydrogen-bond acceptors (Lipinski definition) is 3. The van der Waals surface area contributed by atoms with E-state index in [4.69, 9.17) is 4.74 Å². The maximum Gasteiger partial charge on any atom is 0.213 e. The minimum absolute atomic E-state index is 0.408. The predicted octanol–water partition coefficient (Wildman–Crippen LogP) is 1.07. The summed E-state index contributed by atoms with van der Waals surface area (Å²) in [6, 6.07) is 5.81. The second kappa shape index (κ2) is 3.24. The molecule has 0 amide bonds. The summed E-state index contributed by atoms with van der Waals surface area (Å²) >= 11 is 0. The van der Waals surface area contributed by atoms with Crippen molar-refractivity contribution in [2.45, 2.75) is 12.5 Å². The zero-order valence-electron chi connectivity index (χ0n) is 8.02. The van der Waals surface area contributed by atoms with Crippen LogP contribution in [0.2, 0.25) is 0 Å². The van der Waals surface area contributed by atoms with Crippen LogP contribution in [-0.2, 0) is 0 Å². The van der Waals surface area contributed by atoms with E-state index in [1.807, 2.05) is 18.2 Å². The Hall–Kier alpha value is -1.09. The molecule has 3 rings (SSSR count). The maximum absolute atomic E-state index is 5.87. The number of nitrogens with one attached hydrogen (secondary N) is 1. The number of hydrogen-bond donors (Lipinski definition) is 1. The van der Waals surface area contributed by atoms with Crippen LogP contribution in [0.1, 0.15) is 6.42 Å². The summed E-state index contributed by atoms with van der Waals surface area (Å²) in [5.74, 6) is 2.18. The summed E-state index contributed by atoms with van der Waals surface area (Å²) in [6.45, 7) is 2.21. The predicted molar refractivity (Wildman–Crippen MR) is 53.1 cm³/mol. The van der Waals surface area contributed by atoms with Gasteiger partial charge in [-0.1, -0.05) is 6.07 Å². The number of aromatic nitrogens is 1. The van der Waals surface area contributed by atoms with Crippen LogP contribution in [0.25, 0.3) is 0 Å². The van der Waals surface area contributed by atoms with Gasteiger partial charge in [0.1, 0.15) is 6.10 Å². The van der Waals surface area contributed by atoms with Crippen molar-refractivity contribution in [1.82, 2.24) is 10.3 Å². The summed E-state index contributed by atoms with van der Waals surface area (Å²) in [4.78, 5) is 4.19. The summed E-state index contributed by atoms with van der Waals surface area (Å²) in [6.07, 6.45) is 3.51. The Morgan fingerprint density at radius 2 is 2.14 bits per heavy atom. The van der Waals surface area contributed by atoms with E-state index in [9.17, 15) is 0 Å². The van der Waals surface area contributed by atoms with Gasteiger partial charge in [0.2, 0.25) is 5.88 Å². The summed E-state index contributed by atoms with van der Waals surface area (Å²) in [5, 5.41) is 3.40. The Labute approximate surface area is 83.5 Å². The van der Waals surface area contributed by atoms with Crippen LogP contribution in [-0.4, -0.2) is 24.2 Å². The third-order valence-corrected chi connectivity index (χ3v) is 3.24. The average molecular weight is 190 g/mol. The molecular formula is C11H14N2O. The highest BCUT2D eigenvalue weighted by molar-refractivity contribution is 5.12. The number of fused-ring (bicyclic) bond motifs is 2. The first-order chi connectivity index (χ1) is 6.93. The molecule has 0 spiro atoms. The Morgan fingerprint density at radius 3 is 2.79 bits per heavy atom. The van der Waals surface area contributed by atoms with Gasteiger partial charge in [-0.25, -0.2) is 4.98 Å². The number of rotatable bonds is 2. The lowest BCUT2D eigenvalue weighted by Crippen LogP contribution is -2.59. The van der Waals surface area contributed by atoms with Gasteiger partial charge in [0.25, 0.3) is 0 Å². The lowest BCUT2D eigenvalue weighted by molar-refractivity contribution is -0.0470. The highest BCUT2D eigenvalue weighted by atomic mass is 16.5. The Bertz CT molecular complexity index is 300. The fourth-order valence-corrected chi connectivity index (χ4v) is 2.45. The molecule has 1 aliphatic carbocycles. The average Bonchev–Trinajstić information content (AvgIpc) is 2.28. The number of piperidine rings is 2. The molecular weight excluding hydrogens is 176 g/mol. The molecule has 1 aromatic rings. The van der Waals surface area contributed by atoms with Crippen molar-refractivity contribution in [3.8, 4) is 5.88 Å². The van der Waals surface area contributed by atoms with Gasteiger partial charge in [-0.05, 0) is 12.5 Å². The molecule has 1 aromatic heterocycles. The molecule has 14 heavy (non-hydrogen) atoms. The van der Waals surface area contributed by atoms with E-state index in [2.05, 4.69) is 10.3 Å². The normalized spacial score (nSPS) is 34.7. The van der Waals surface area contributed by atoms with Crippen molar-refractivity contribution < 1.29 is 4.74 Å². The van der Waals surface area contributed by atoms with Crippen molar-refractivity contribution >= 4 is 0 Å². The monoisotopic (exact) mass is 190 g/mol. The van der Waals surface area contributed by atoms with Gasteiger partial charge in [0.15, 0.2) is 0 Å². The van der Waals surface area contributed by atoms with Crippen molar-refractivity contribution in [2.75, 3.05) is 13.1 Å². The Kier molecular flexibility index (Phi) is 1.91. The first-order valence-electron chi connectivity index (χ1n) is 5.22. The summed E-state index contributed by atoms with van der Waals surface area (Å²) in [5.41, 5.74) is 0. The molecule has 0 radical (unpaired) electrons. The van der Waals surface area contributed by atoms with Gasteiger partial charge in [0, 0.05) is 37.2 Å². The fraction of sp³-hybridized carbons (Fsp3) is 0.545. The van der Waals surface area contributed by atoms with Crippen LogP contribution >= 0.6 is 0 Å². The minimum Gasteiger partial charge on any atom is -0.474 e. The molecule has 0 aromatic carbocycles. The maximum atomic E-state index is 5.87. The molecule has 2 bridgehead atoms. The van der Waals surface area contributed by atoms with Gasteiger partial charge in [-0.3, -0.25) is 0 Å². The Morgan fingerprint density at radius 1 is 1.29 bits per heavy atom. The van der Waals surface area contributed by atoms with E-state index in [1.54, 1.807) is 6.20 Å². The number of pyridine rings is 1. The lowest BCUT2D eigenvalue weighted by atomic mass is 9.69. The van der Waals surface area contributed by atoms with E-state index < -0.39 is 0 Å². The highest BCUT2D eigenvalue weighted by Gasteiger charge is 2.45. The van der Waals surface area contributed by atoms with Gasteiger partial charge in [-0.2, -0.15) is 0 Å². The third kappa shape index (κ3) is 1.28. The summed E-state index contributed by atoms with van der Waals surface area (Å²) < 4.78 is 5.87. The largest absolute Gasteiger partial charge is 0.474 e. The van der Waals surface area contributed by atoms with Crippen LogP contribution < -0.4 is 10.1 Å². The molecule has 1 N–H and O–H groups in total. The zero-order valence-corrected chi connectivity index (χ0v) is 8.02. The van der Waals surface area contributed by atoms with E-state index in [0.717, 1.165) is 19.0 Å². The van der Waals surface area contributed by atoms with Gasteiger partial charge in [0.05, 0.1) is 0 Å². The first kappa shape index (κ1) is 8.24. The summed E-state index contributed by atoms with van der Waals surface area (Å²) in [7, 11) is 0. The molecule has 1 unspecified atom stereocenters. The van der Waals surface area contributed by atoms with Gasteiger partial charge < -0.3 is 10.1 Å². The van der Waals surface area contributed by atoms with E-state index in [-0.39, 0.29) is 0 Å².